The van der Waals surface area contributed by atoms with Crippen LogP contribution in [0.4, 0.5) is 5.69 Å². The minimum atomic E-state index is 0.742. The molecule has 0 amide bonds. The van der Waals surface area contributed by atoms with Crippen molar-refractivity contribution in [2.24, 2.45) is 5.92 Å². The van der Waals surface area contributed by atoms with E-state index in [1.54, 1.807) is 0 Å². The van der Waals surface area contributed by atoms with Gasteiger partial charge in [0.2, 0.25) is 0 Å². The van der Waals surface area contributed by atoms with Crippen LogP contribution in [-0.4, -0.2) is 19.6 Å². The van der Waals surface area contributed by atoms with Crippen molar-refractivity contribution in [1.82, 2.24) is 5.32 Å². The van der Waals surface area contributed by atoms with Gasteiger partial charge in [0.15, 0.2) is 0 Å². The molecule has 76 valence electrons. The maximum Gasteiger partial charge on any atom is 0.0637 e. The van der Waals surface area contributed by atoms with E-state index in [-0.39, 0.29) is 0 Å². The predicted octanol–water partition coefficient (Wildman–Crippen LogP) is 2.36. The third-order valence-electron chi connectivity index (χ3n) is 2.62. The second kappa shape index (κ2) is 4.67. The number of nitrogens with one attached hydrogen (secondary N) is 2. The summed E-state index contributed by atoms with van der Waals surface area (Å²) >= 11 is 6.03. The fourth-order valence-corrected chi connectivity index (χ4v) is 1.95. The first-order valence-electron chi connectivity index (χ1n) is 5.05. The van der Waals surface area contributed by atoms with Crippen molar-refractivity contribution in [2.75, 3.05) is 25.0 Å². The minimum Gasteiger partial charge on any atom is -0.384 e. The van der Waals surface area contributed by atoms with E-state index >= 15 is 0 Å². The fraction of sp³-hybridized carbons (Fsp3) is 0.455. The van der Waals surface area contributed by atoms with Gasteiger partial charge in [-0.1, -0.05) is 23.7 Å². The van der Waals surface area contributed by atoms with Crippen LogP contribution in [0.1, 0.15) is 6.42 Å². The van der Waals surface area contributed by atoms with Crippen LogP contribution in [0.25, 0.3) is 0 Å². The molecule has 2 rings (SSSR count). The van der Waals surface area contributed by atoms with Gasteiger partial charge in [0.25, 0.3) is 0 Å². The zero-order valence-electron chi connectivity index (χ0n) is 8.09. The first-order chi connectivity index (χ1) is 6.86. The summed E-state index contributed by atoms with van der Waals surface area (Å²) in [5, 5.41) is 7.54. The third-order valence-corrected chi connectivity index (χ3v) is 2.95. The van der Waals surface area contributed by atoms with Crippen molar-refractivity contribution in [1.29, 1.82) is 0 Å². The molecule has 0 bridgehead atoms. The Labute approximate surface area is 89.7 Å². The number of rotatable bonds is 3. The molecule has 0 saturated carbocycles. The topological polar surface area (TPSA) is 24.1 Å². The normalized spacial score (nSPS) is 21.1. The number of halogens is 1. The summed E-state index contributed by atoms with van der Waals surface area (Å²) in [5.41, 5.74) is 1.04. The summed E-state index contributed by atoms with van der Waals surface area (Å²) in [4.78, 5) is 0. The average Bonchev–Trinajstić information content (AvgIpc) is 2.69. The van der Waals surface area contributed by atoms with Gasteiger partial charge in [-0.3, -0.25) is 0 Å². The molecule has 1 atom stereocenters. The van der Waals surface area contributed by atoms with Crippen LogP contribution >= 0.6 is 11.6 Å². The Morgan fingerprint density at radius 1 is 1.43 bits per heavy atom. The molecule has 1 unspecified atom stereocenters. The van der Waals surface area contributed by atoms with Crippen LogP contribution < -0.4 is 10.6 Å². The van der Waals surface area contributed by atoms with Crippen molar-refractivity contribution in [3.05, 3.63) is 29.3 Å². The number of anilines is 1. The molecule has 14 heavy (non-hydrogen) atoms. The van der Waals surface area contributed by atoms with E-state index in [4.69, 9.17) is 11.6 Å². The number of para-hydroxylation sites is 1. The van der Waals surface area contributed by atoms with Crippen molar-refractivity contribution >= 4 is 17.3 Å². The van der Waals surface area contributed by atoms with Crippen LogP contribution in [0.5, 0.6) is 0 Å². The summed E-state index contributed by atoms with van der Waals surface area (Å²) in [7, 11) is 0. The Bertz CT molecular complexity index is 295. The smallest absolute Gasteiger partial charge is 0.0637 e. The lowest BCUT2D eigenvalue weighted by Crippen LogP contribution is -2.17. The van der Waals surface area contributed by atoms with Gasteiger partial charge in [0.05, 0.1) is 10.7 Å². The summed E-state index contributed by atoms with van der Waals surface area (Å²) in [5.74, 6) is 0.742. The largest absolute Gasteiger partial charge is 0.384 e. The number of hydrogen-bond donors (Lipinski definition) is 2. The van der Waals surface area contributed by atoms with E-state index in [1.807, 2.05) is 24.3 Å². The van der Waals surface area contributed by atoms with E-state index < -0.39 is 0 Å². The number of benzene rings is 1. The van der Waals surface area contributed by atoms with Gasteiger partial charge < -0.3 is 10.6 Å². The molecule has 2 N–H and O–H groups in total. The van der Waals surface area contributed by atoms with Crippen molar-refractivity contribution in [3.63, 3.8) is 0 Å². The van der Waals surface area contributed by atoms with Crippen molar-refractivity contribution in [3.8, 4) is 0 Å². The van der Waals surface area contributed by atoms with Crippen LogP contribution in [0.2, 0.25) is 5.02 Å². The van der Waals surface area contributed by atoms with E-state index in [2.05, 4.69) is 10.6 Å². The highest BCUT2D eigenvalue weighted by molar-refractivity contribution is 6.33. The molecule has 0 radical (unpaired) electrons. The second-order valence-corrected chi connectivity index (χ2v) is 4.13. The number of hydrogen-bond acceptors (Lipinski definition) is 2. The standard InChI is InChI=1S/C11H15ClN2/c12-10-3-1-2-4-11(10)14-8-9-5-6-13-7-9/h1-4,9,13-14H,5-8H2. The van der Waals surface area contributed by atoms with Crippen LogP contribution in [-0.2, 0) is 0 Å². The van der Waals surface area contributed by atoms with Crippen LogP contribution in [0.3, 0.4) is 0 Å². The highest BCUT2D eigenvalue weighted by atomic mass is 35.5. The van der Waals surface area contributed by atoms with Gasteiger partial charge in [0, 0.05) is 6.54 Å². The van der Waals surface area contributed by atoms with Gasteiger partial charge in [-0.15, -0.1) is 0 Å². The molecule has 0 spiro atoms. The molecule has 0 aromatic heterocycles. The summed E-state index contributed by atoms with van der Waals surface area (Å²) in [6.07, 6.45) is 1.26. The molecular formula is C11H15ClN2. The molecule has 1 saturated heterocycles. The van der Waals surface area contributed by atoms with Crippen molar-refractivity contribution < 1.29 is 0 Å². The van der Waals surface area contributed by atoms with E-state index in [9.17, 15) is 0 Å². The van der Waals surface area contributed by atoms with Gasteiger partial charge in [-0.25, -0.2) is 0 Å². The molecule has 3 heteroatoms. The van der Waals surface area contributed by atoms with Gasteiger partial charge in [-0.05, 0) is 37.6 Å². The lowest BCUT2D eigenvalue weighted by atomic mass is 10.1. The average molecular weight is 211 g/mol. The Morgan fingerprint density at radius 2 is 2.29 bits per heavy atom. The maximum absolute atomic E-state index is 6.03. The molecule has 1 heterocycles. The SMILES string of the molecule is Clc1ccccc1NCC1CCNC1. The highest BCUT2D eigenvalue weighted by Gasteiger charge is 2.13. The predicted molar refractivity (Wildman–Crippen MR) is 60.9 cm³/mol. The maximum atomic E-state index is 6.03. The molecule has 1 aromatic rings. The Kier molecular flexibility index (Phi) is 3.27. The quantitative estimate of drug-likeness (QED) is 0.801. The van der Waals surface area contributed by atoms with E-state index in [0.29, 0.717) is 0 Å². The summed E-state index contributed by atoms with van der Waals surface area (Å²) in [6.45, 7) is 3.28. The summed E-state index contributed by atoms with van der Waals surface area (Å²) in [6, 6.07) is 7.88. The first kappa shape index (κ1) is 9.81. The third kappa shape index (κ3) is 2.40. The summed E-state index contributed by atoms with van der Waals surface area (Å²) < 4.78 is 0. The molecule has 1 aliphatic rings. The highest BCUT2D eigenvalue weighted by Crippen LogP contribution is 2.21. The lowest BCUT2D eigenvalue weighted by Gasteiger charge is -2.12. The monoisotopic (exact) mass is 210 g/mol. The zero-order chi connectivity index (χ0) is 9.80. The molecule has 1 aliphatic heterocycles. The van der Waals surface area contributed by atoms with Crippen molar-refractivity contribution in [2.45, 2.75) is 6.42 Å². The zero-order valence-corrected chi connectivity index (χ0v) is 8.85. The molecular weight excluding hydrogens is 196 g/mol. The molecule has 0 aliphatic carbocycles. The van der Waals surface area contributed by atoms with Gasteiger partial charge >= 0.3 is 0 Å². The van der Waals surface area contributed by atoms with E-state index in [0.717, 1.165) is 36.3 Å². The molecule has 2 nitrogen and oxygen atoms in total. The fourth-order valence-electron chi connectivity index (χ4n) is 1.75. The Morgan fingerprint density at radius 3 is 3.00 bits per heavy atom. The Balaban J connectivity index is 1.88. The second-order valence-electron chi connectivity index (χ2n) is 3.72. The lowest BCUT2D eigenvalue weighted by molar-refractivity contribution is 0.615. The molecule has 1 fully saturated rings. The van der Waals surface area contributed by atoms with Gasteiger partial charge in [-0.2, -0.15) is 0 Å². The first-order valence-corrected chi connectivity index (χ1v) is 5.43. The van der Waals surface area contributed by atoms with Crippen LogP contribution in [0.15, 0.2) is 24.3 Å². The Hall–Kier alpha value is -0.730. The van der Waals surface area contributed by atoms with Gasteiger partial charge in [0.1, 0.15) is 0 Å². The molecule has 1 aromatic carbocycles. The van der Waals surface area contributed by atoms with Crippen LogP contribution in [0, 0.1) is 5.92 Å². The minimum absolute atomic E-state index is 0.742. The van der Waals surface area contributed by atoms with E-state index in [1.165, 1.54) is 6.42 Å².